The third-order valence-corrected chi connectivity index (χ3v) is 2.58. The number of hydrogen-bond donors (Lipinski definition) is 0. The number of aryl methyl sites for hydroxylation is 1. The van der Waals surface area contributed by atoms with Gasteiger partial charge in [-0.25, -0.2) is 0 Å². The van der Waals surface area contributed by atoms with Gasteiger partial charge in [-0.1, -0.05) is 39.8 Å². The van der Waals surface area contributed by atoms with Crippen LogP contribution in [0.3, 0.4) is 0 Å². The summed E-state index contributed by atoms with van der Waals surface area (Å²) >= 11 is 0. The van der Waals surface area contributed by atoms with Crippen LogP contribution in [0, 0.1) is 0 Å². The number of aromatic carboxylic acids is 1. The molecule has 0 saturated carbocycles. The Balaban J connectivity index is 3.28. The fourth-order valence-corrected chi connectivity index (χ4v) is 1.54. The lowest BCUT2D eigenvalue weighted by molar-refractivity contribution is -0.255. The molecule has 0 aliphatic rings. The second-order valence-corrected chi connectivity index (χ2v) is 4.76. The summed E-state index contributed by atoms with van der Waals surface area (Å²) in [6, 6.07) is 5.60. The molecular formula is C13H17O2-. The van der Waals surface area contributed by atoms with Crippen molar-refractivity contribution in [2.75, 3.05) is 0 Å². The normalized spacial score (nSPS) is 11.5. The lowest BCUT2D eigenvalue weighted by Crippen LogP contribution is -2.25. The summed E-state index contributed by atoms with van der Waals surface area (Å²) in [5, 5.41) is 10.9. The van der Waals surface area contributed by atoms with Crippen molar-refractivity contribution >= 4 is 5.97 Å². The second-order valence-electron chi connectivity index (χ2n) is 4.76. The molecule has 2 nitrogen and oxygen atoms in total. The van der Waals surface area contributed by atoms with Gasteiger partial charge in [-0.2, -0.15) is 0 Å². The molecule has 0 N–H and O–H groups in total. The quantitative estimate of drug-likeness (QED) is 0.740. The van der Waals surface area contributed by atoms with Gasteiger partial charge in [0.15, 0.2) is 0 Å². The molecule has 0 heterocycles. The van der Waals surface area contributed by atoms with Gasteiger partial charge >= 0.3 is 0 Å². The Morgan fingerprint density at radius 1 is 1.33 bits per heavy atom. The highest BCUT2D eigenvalue weighted by molar-refractivity contribution is 5.88. The van der Waals surface area contributed by atoms with E-state index < -0.39 is 5.97 Å². The summed E-state index contributed by atoms with van der Waals surface area (Å²) in [5.74, 6) is -1.09. The first-order valence-electron chi connectivity index (χ1n) is 5.21. The van der Waals surface area contributed by atoms with Crippen LogP contribution in [0.25, 0.3) is 0 Å². The maximum absolute atomic E-state index is 10.9. The third-order valence-electron chi connectivity index (χ3n) is 2.58. The van der Waals surface area contributed by atoms with E-state index in [1.165, 1.54) is 0 Å². The smallest absolute Gasteiger partial charge is 0.0718 e. The monoisotopic (exact) mass is 205 g/mol. The number of carbonyl (C=O) groups excluding carboxylic acids is 1. The average molecular weight is 205 g/mol. The third kappa shape index (κ3) is 2.58. The fourth-order valence-electron chi connectivity index (χ4n) is 1.54. The molecular weight excluding hydrogens is 188 g/mol. The van der Waals surface area contributed by atoms with E-state index >= 15 is 0 Å². The SMILES string of the molecule is CCc1ccc(C(C)(C)C)cc1C(=O)[O-]. The molecule has 0 aliphatic carbocycles. The number of benzene rings is 1. The predicted molar refractivity (Wildman–Crippen MR) is 58.9 cm³/mol. The van der Waals surface area contributed by atoms with Gasteiger partial charge in [0.25, 0.3) is 0 Å². The van der Waals surface area contributed by atoms with Gasteiger partial charge in [0, 0.05) is 5.56 Å². The van der Waals surface area contributed by atoms with Crippen LogP contribution in [-0.4, -0.2) is 5.97 Å². The van der Waals surface area contributed by atoms with Crippen molar-refractivity contribution in [3.05, 3.63) is 34.9 Å². The van der Waals surface area contributed by atoms with Gasteiger partial charge in [-0.15, -0.1) is 0 Å². The van der Waals surface area contributed by atoms with E-state index in [0.717, 1.165) is 11.1 Å². The van der Waals surface area contributed by atoms with Crippen LogP contribution < -0.4 is 5.11 Å². The van der Waals surface area contributed by atoms with Crippen LogP contribution >= 0.6 is 0 Å². The molecule has 1 rings (SSSR count). The molecule has 0 saturated heterocycles. The number of carboxylic acid groups (broad SMARTS) is 1. The van der Waals surface area contributed by atoms with Crippen LogP contribution in [-0.2, 0) is 11.8 Å². The summed E-state index contributed by atoms with van der Waals surface area (Å²) in [4.78, 5) is 10.9. The Bertz CT molecular complexity index is 373. The van der Waals surface area contributed by atoms with Gasteiger partial charge in [-0.05, 0) is 29.0 Å². The van der Waals surface area contributed by atoms with Crippen molar-refractivity contribution in [3.8, 4) is 0 Å². The summed E-state index contributed by atoms with van der Waals surface area (Å²) in [6.45, 7) is 8.13. The summed E-state index contributed by atoms with van der Waals surface area (Å²) in [6.07, 6.45) is 0.716. The average Bonchev–Trinajstić information content (AvgIpc) is 2.15. The van der Waals surface area contributed by atoms with E-state index in [2.05, 4.69) is 20.8 Å². The molecule has 0 aliphatic heterocycles. The first-order valence-corrected chi connectivity index (χ1v) is 5.21. The van der Waals surface area contributed by atoms with Crippen molar-refractivity contribution in [1.29, 1.82) is 0 Å². The minimum absolute atomic E-state index is 0.0313. The molecule has 0 bridgehead atoms. The van der Waals surface area contributed by atoms with E-state index in [-0.39, 0.29) is 5.41 Å². The maximum Gasteiger partial charge on any atom is 0.0718 e. The minimum Gasteiger partial charge on any atom is -0.545 e. The zero-order valence-corrected chi connectivity index (χ0v) is 9.76. The Hall–Kier alpha value is -1.31. The van der Waals surface area contributed by atoms with Gasteiger partial charge in [0.05, 0.1) is 5.97 Å². The minimum atomic E-state index is -1.09. The lowest BCUT2D eigenvalue weighted by atomic mass is 9.85. The van der Waals surface area contributed by atoms with Crippen molar-refractivity contribution in [2.45, 2.75) is 39.5 Å². The highest BCUT2D eigenvalue weighted by Crippen LogP contribution is 2.24. The van der Waals surface area contributed by atoms with Crippen molar-refractivity contribution in [2.24, 2.45) is 0 Å². The van der Waals surface area contributed by atoms with Crippen LogP contribution in [0.5, 0.6) is 0 Å². The van der Waals surface area contributed by atoms with Crippen LogP contribution in [0.1, 0.15) is 49.2 Å². The molecule has 0 atom stereocenters. The van der Waals surface area contributed by atoms with Crippen LogP contribution in [0.4, 0.5) is 0 Å². The molecule has 15 heavy (non-hydrogen) atoms. The van der Waals surface area contributed by atoms with E-state index in [9.17, 15) is 9.90 Å². The zero-order valence-electron chi connectivity index (χ0n) is 9.76. The number of carboxylic acids is 1. The molecule has 82 valence electrons. The second kappa shape index (κ2) is 4.05. The molecule has 0 amide bonds. The highest BCUT2D eigenvalue weighted by atomic mass is 16.4. The van der Waals surface area contributed by atoms with Crippen molar-refractivity contribution < 1.29 is 9.90 Å². The van der Waals surface area contributed by atoms with Gasteiger partial charge in [0.1, 0.15) is 0 Å². The molecule has 1 aromatic rings. The molecule has 0 aromatic heterocycles. The first-order chi connectivity index (χ1) is 6.86. The fraction of sp³-hybridized carbons (Fsp3) is 0.462. The number of hydrogen-bond acceptors (Lipinski definition) is 2. The molecule has 0 fully saturated rings. The molecule has 0 radical (unpaired) electrons. The van der Waals surface area contributed by atoms with E-state index in [1.807, 2.05) is 19.1 Å². The topological polar surface area (TPSA) is 40.1 Å². The van der Waals surface area contributed by atoms with Gasteiger partial charge in [-0.3, -0.25) is 0 Å². The molecule has 1 aromatic carbocycles. The number of rotatable bonds is 2. The van der Waals surface area contributed by atoms with E-state index in [4.69, 9.17) is 0 Å². The van der Waals surface area contributed by atoms with Crippen LogP contribution in [0.2, 0.25) is 0 Å². The van der Waals surface area contributed by atoms with E-state index in [0.29, 0.717) is 12.0 Å². The lowest BCUT2D eigenvalue weighted by Gasteiger charge is -2.21. The zero-order chi connectivity index (χ0) is 11.6. The largest absolute Gasteiger partial charge is 0.545 e. The molecule has 2 heteroatoms. The standard InChI is InChI=1S/C13H18O2/c1-5-9-6-7-10(13(2,3)4)8-11(9)12(14)15/h6-8H,5H2,1-4H3,(H,14,15)/p-1. The summed E-state index contributed by atoms with van der Waals surface area (Å²) in [5.41, 5.74) is 2.16. The Morgan fingerprint density at radius 2 is 1.93 bits per heavy atom. The van der Waals surface area contributed by atoms with Crippen LogP contribution in [0.15, 0.2) is 18.2 Å². The van der Waals surface area contributed by atoms with Gasteiger partial charge < -0.3 is 9.90 Å². The van der Waals surface area contributed by atoms with Crippen molar-refractivity contribution in [1.82, 2.24) is 0 Å². The molecule has 0 unspecified atom stereocenters. The van der Waals surface area contributed by atoms with Gasteiger partial charge in [0.2, 0.25) is 0 Å². The maximum atomic E-state index is 10.9. The summed E-state index contributed by atoms with van der Waals surface area (Å²) in [7, 11) is 0. The Kier molecular flexibility index (Phi) is 3.18. The Morgan fingerprint density at radius 3 is 2.33 bits per heavy atom. The Labute approximate surface area is 90.9 Å². The first kappa shape index (κ1) is 11.8. The number of carbonyl (C=O) groups is 1. The van der Waals surface area contributed by atoms with Crippen molar-refractivity contribution in [3.63, 3.8) is 0 Å². The van der Waals surface area contributed by atoms with E-state index in [1.54, 1.807) is 6.07 Å². The predicted octanol–water partition coefficient (Wildman–Crippen LogP) is 1.91. The highest BCUT2D eigenvalue weighted by Gasteiger charge is 2.15. The summed E-state index contributed by atoms with van der Waals surface area (Å²) < 4.78 is 0. The molecule has 0 spiro atoms.